The lowest BCUT2D eigenvalue weighted by Gasteiger charge is -2.27. The third-order valence-electron chi connectivity index (χ3n) is 2.59. The van der Waals surface area contributed by atoms with Gasteiger partial charge in [-0.3, -0.25) is 4.90 Å². The quantitative estimate of drug-likeness (QED) is 0.606. The van der Waals surface area contributed by atoms with E-state index in [0.717, 1.165) is 6.54 Å². The lowest BCUT2D eigenvalue weighted by atomic mass is 10.2. The zero-order chi connectivity index (χ0) is 8.27. The van der Waals surface area contributed by atoms with Gasteiger partial charge in [-0.05, 0) is 26.9 Å². The van der Waals surface area contributed by atoms with Gasteiger partial charge in [0.25, 0.3) is 0 Å². The number of nitrogens with one attached hydrogen (secondary N) is 1. The molecule has 1 aliphatic heterocycles. The van der Waals surface area contributed by atoms with Crippen LogP contribution in [-0.2, 0) is 0 Å². The smallest absolute Gasteiger partial charge is 0.0247 e. The summed E-state index contributed by atoms with van der Waals surface area (Å²) in [4.78, 5) is 2.38. The summed E-state index contributed by atoms with van der Waals surface area (Å²) in [6.07, 6.45) is 3.27. The lowest BCUT2D eigenvalue weighted by molar-refractivity contribution is 0.226. The highest BCUT2D eigenvalue weighted by Gasteiger charge is 2.20. The molecule has 2 heteroatoms. The molecular formula is C9H18N2. The predicted molar refractivity (Wildman–Crippen MR) is 48.7 cm³/mol. The molecule has 1 saturated heterocycles. The van der Waals surface area contributed by atoms with Crippen LogP contribution < -0.4 is 5.32 Å². The van der Waals surface area contributed by atoms with Crippen LogP contribution in [0.4, 0.5) is 0 Å². The van der Waals surface area contributed by atoms with E-state index in [1.165, 1.54) is 13.0 Å². The second kappa shape index (κ2) is 3.88. The molecular weight excluding hydrogens is 136 g/mol. The van der Waals surface area contributed by atoms with Crippen LogP contribution in [0, 0.1) is 0 Å². The average Bonchev–Trinajstić information content (AvgIpc) is 2.53. The summed E-state index contributed by atoms with van der Waals surface area (Å²) in [6.45, 7) is 8.28. The molecule has 1 heterocycles. The largest absolute Gasteiger partial charge is 0.315 e. The van der Waals surface area contributed by atoms with Crippen molar-refractivity contribution >= 4 is 0 Å². The van der Waals surface area contributed by atoms with Crippen molar-refractivity contribution in [3.8, 4) is 0 Å². The van der Waals surface area contributed by atoms with Gasteiger partial charge in [-0.25, -0.2) is 0 Å². The Bertz CT molecular complexity index is 128. The van der Waals surface area contributed by atoms with Crippen molar-refractivity contribution in [2.75, 3.05) is 20.1 Å². The van der Waals surface area contributed by atoms with Crippen LogP contribution in [0.3, 0.4) is 0 Å². The molecule has 1 N–H and O–H groups in total. The maximum Gasteiger partial charge on any atom is 0.0247 e. The summed E-state index contributed by atoms with van der Waals surface area (Å²) >= 11 is 0. The molecule has 1 rings (SSSR count). The molecule has 0 aromatic rings. The van der Waals surface area contributed by atoms with Crippen LogP contribution in [0.15, 0.2) is 12.7 Å². The highest BCUT2D eigenvalue weighted by atomic mass is 15.2. The maximum absolute atomic E-state index is 3.79. The van der Waals surface area contributed by atoms with E-state index in [1.807, 2.05) is 6.08 Å². The molecule has 0 aromatic heterocycles. The van der Waals surface area contributed by atoms with E-state index >= 15 is 0 Å². The number of hydrogen-bond donors (Lipinski definition) is 1. The Hall–Kier alpha value is -0.340. The van der Waals surface area contributed by atoms with Crippen molar-refractivity contribution in [1.82, 2.24) is 10.2 Å². The van der Waals surface area contributed by atoms with Gasteiger partial charge in [0.15, 0.2) is 0 Å². The maximum atomic E-state index is 3.79. The normalized spacial score (nSPS) is 27.4. The Balaban J connectivity index is 2.38. The van der Waals surface area contributed by atoms with Gasteiger partial charge < -0.3 is 5.32 Å². The van der Waals surface area contributed by atoms with Crippen molar-refractivity contribution in [1.29, 1.82) is 0 Å². The standard InChI is InChI=1S/C9H18N2/c1-4-8(2)11(3)9-5-6-10-7-9/h4,8-10H,1,5-7H2,2-3H3. The van der Waals surface area contributed by atoms with Gasteiger partial charge in [-0.2, -0.15) is 0 Å². The van der Waals surface area contributed by atoms with E-state index < -0.39 is 0 Å². The SMILES string of the molecule is C=CC(C)N(C)C1CCNC1. The van der Waals surface area contributed by atoms with Crippen LogP contribution >= 0.6 is 0 Å². The van der Waals surface area contributed by atoms with Gasteiger partial charge >= 0.3 is 0 Å². The van der Waals surface area contributed by atoms with E-state index in [2.05, 4.69) is 30.8 Å². The monoisotopic (exact) mass is 154 g/mol. The molecule has 0 saturated carbocycles. The third-order valence-corrected chi connectivity index (χ3v) is 2.59. The minimum Gasteiger partial charge on any atom is -0.315 e. The van der Waals surface area contributed by atoms with Crippen LogP contribution in [0.25, 0.3) is 0 Å². The van der Waals surface area contributed by atoms with Gasteiger partial charge in [0.1, 0.15) is 0 Å². The first-order valence-corrected chi connectivity index (χ1v) is 4.31. The first kappa shape index (κ1) is 8.75. The summed E-state index contributed by atoms with van der Waals surface area (Å²) in [5.41, 5.74) is 0. The van der Waals surface area contributed by atoms with Gasteiger partial charge in [-0.1, -0.05) is 6.08 Å². The molecule has 1 aliphatic rings. The summed E-state index contributed by atoms with van der Waals surface area (Å²) in [7, 11) is 2.17. The zero-order valence-electron chi connectivity index (χ0n) is 7.51. The molecule has 0 spiro atoms. The topological polar surface area (TPSA) is 15.3 Å². The minimum atomic E-state index is 0.500. The van der Waals surface area contributed by atoms with Crippen LogP contribution in [-0.4, -0.2) is 37.1 Å². The van der Waals surface area contributed by atoms with Crippen LogP contribution in [0.5, 0.6) is 0 Å². The van der Waals surface area contributed by atoms with E-state index in [9.17, 15) is 0 Å². The van der Waals surface area contributed by atoms with E-state index in [1.54, 1.807) is 0 Å². The molecule has 0 radical (unpaired) electrons. The highest BCUT2D eigenvalue weighted by Crippen LogP contribution is 2.09. The lowest BCUT2D eigenvalue weighted by Crippen LogP contribution is -2.38. The van der Waals surface area contributed by atoms with Gasteiger partial charge in [0, 0.05) is 18.6 Å². The Morgan fingerprint density at radius 2 is 2.45 bits per heavy atom. The Labute approximate surface area is 69.3 Å². The first-order valence-electron chi connectivity index (χ1n) is 4.31. The second-order valence-electron chi connectivity index (χ2n) is 3.29. The van der Waals surface area contributed by atoms with Gasteiger partial charge in [0.05, 0.1) is 0 Å². The van der Waals surface area contributed by atoms with E-state index in [-0.39, 0.29) is 0 Å². The van der Waals surface area contributed by atoms with Crippen molar-refractivity contribution < 1.29 is 0 Å². The molecule has 64 valence electrons. The fraction of sp³-hybridized carbons (Fsp3) is 0.778. The number of hydrogen-bond acceptors (Lipinski definition) is 2. The zero-order valence-corrected chi connectivity index (χ0v) is 7.51. The Morgan fingerprint density at radius 3 is 2.91 bits per heavy atom. The molecule has 0 aromatic carbocycles. The first-order chi connectivity index (χ1) is 5.25. The molecule has 1 fully saturated rings. The minimum absolute atomic E-state index is 0.500. The third kappa shape index (κ3) is 2.04. The van der Waals surface area contributed by atoms with Gasteiger partial charge in [-0.15, -0.1) is 6.58 Å². The fourth-order valence-electron chi connectivity index (χ4n) is 1.49. The predicted octanol–water partition coefficient (Wildman–Crippen LogP) is 0.855. The molecule has 0 aliphatic carbocycles. The highest BCUT2D eigenvalue weighted by molar-refractivity contribution is 4.88. The average molecular weight is 154 g/mol. The molecule has 2 unspecified atom stereocenters. The number of likely N-dealkylation sites (N-methyl/N-ethyl adjacent to an activating group) is 1. The van der Waals surface area contributed by atoms with Crippen molar-refractivity contribution in [2.45, 2.75) is 25.4 Å². The van der Waals surface area contributed by atoms with Crippen molar-refractivity contribution in [2.24, 2.45) is 0 Å². The van der Waals surface area contributed by atoms with Gasteiger partial charge in [0.2, 0.25) is 0 Å². The molecule has 11 heavy (non-hydrogen) atoms. The fourth-order valence-corrected chi connectivity index (χ4v) is 1.49. The van der Waals surface area contributed by atoms with Crippen molar-refractivity contribution in [3.63, 3.8) is 0 Å². The van der Waals surface area contributed by atoms with E-state index in [4.69, 9.17) is 0 Å². The number of rotatable bonds is 3. The molecule has 2 atom stereocenters. The summed E-state index contributed by atoms with van der Waals surface area (Å²) in [6, 6.07) is 1.21. The Kier molecular flexibility index (Phi) is 3.09. The summed E-state index contributed by atoms with van der Waals surface area (Å²) in [5.74, 6) is 0. The Morgan fingerprint density at radius 1 is 1.73 bits per heavy atom. The van der Waals surface area contributed by atoms with Crippen LogP contribution in [0.1, 0.15) is 13.3 Å². The second-order valence-corrected chi connectivity index (χ2v) is 3.29. The summed E-state index contributed by atoms with van der Waals surface area (Å²) < 4.78 is 0. The number of nitrogens with zero attached hydrogens (tertiary/aromatic N) is 1. The summed E-state index contributed by atoms with van der Waals surface area (Å²) in [5, 5.41) is 3.36. The molecule has 0 amide bonds. The molecule has 0 bridgehead atoms. The van der Waals surface area contributed by atoms with Crippen LogP contribution in [0.2, 0.25) is 0 Å². The van der Waals surface area contributed by atoms with Crippen molar-refractivity contribution in [3.05, 3.63) is 12.7 Å². The molecule has 2 nitrogen and oxygen atoms in total. The van der Waals surface area contributed by atoms with E-state index in [0.29, 0.717) is 12.1 Å².